The highest BCUT2D eigenvalue weighted by Gasteiger charge is 2.13. The number of carbonyl (C=O) groups excluding carboxylic acids is 1. The Morgan fingerprint density at radius 2 is 1.95 bits per heavy atom. The van der Waals surface area contributed by atoms with Crippen molar-refractivity contribution in [3.63, 3.8) is 0 Å². The number of amides is 1. The minimum absolute atomic E-state index is 0.443. The van der Waals surface area contributed by atoms with E-state index < -0.39 is 0 Å². The molecule has 1 heterocycles. The van der Waals surface area contributed by atoms with Gasteiger partial charge in [0.2, 0.25) is 6.41 Å². The van der Waals surface area contributed by atoms with Gasteiger partial charge in [-0.2, -0.15) is 0 Å². The first-order valence-corrected chi connectivity index (χ1v) is 6.01. The first-order valence-electron chi connectivity index (χ1n) is 6.01. The lowest BCUT2D eigenvalue weighted by molar-refractivity contribution is -0.105. The highest BCUT2D eigenvalue weighted by Crippen LogP contribution is 2.35. The van der Waals surface area contributed by atoms with Gasteiger partial charge in [0.05, 0.1) is 0 Å². The molecule has 0 saturated carbocycles. The third-order valence-corrected chi connectivity index (χ3v) is 2.64. The van der Waals surface area contributed by atoms with E-state index in [-0.39, 0.29) is 0 Å². The lowest BCUT2D eigenvalue weighted by atomic mass is 10.3. The first-order chi connectivity index (χ1) is 9.61. The van der Waals surface area contributed by atoms with E-state index in [9.17, 15) is 4.79 Å². The SMILES string of the molecule is CN(C)c1c(Oc2ccc(N)cc2)ccnc1NC=O. The molecule has 1 amide bonds. The Morgan fingerprint density at radius 1 is 1.25 bits per heavy atom. The van der Waals surface area contributed by atoms with Gasteiger partial charge in [-0.1, -0.05) is 0 Å². The van der Waals surface area contributed by atoms with Gasteiger partial charge in [-0.25, -0.2) is 4.98 Å². The fourth-order valence-corrected chi connectivity index (χ4v) is 1.78. The minimum Gasteiger partial charge on any atom is -0.455 e. The molecule has 0 fully saturated rings. The van der Waals surface area contributed by atoms with Crippen molar-refractivity contribution in [2.24, 2.45) is 0 Å². The lowest BCUT2D eigenvalue weighted by Gasteiger charge is -2.20. The van der Waals surface area contributed by atoms with Crippen molar-refractivity contribution in [3.05, 3.63) is 36.5 Å². The highest BCUT2D eigenvalue weighted by atomic mass is 16.5. The molecule has 1 aromatic carbocycles. The maximum Gasteiger partial charge on any atom is 0.212 e. The Bertz CT molecular complexity index is 597. The van der Waals surface area contributed by atoms with Gasteiger partial charge < -0.3 is 20.7 Å². The monoisotopic (exact) mass is 272 g/mol. The van der Waals surface area contributed by atoms with E-state index in [2.05, 4.69) is 10.3 Å². The number of nitrogens with two attached hydrogens (primary N) is 1. The van der Waals surface area contributed by atoms with Crippen LogP contribution in [0.5, 0.6) is 11.5 Å². The van der Waals surface area contributed by atoms with E-state index in [0.717, 1.165) is 0 Å². The number of rotatable bonds is 5. The number of ether oxygens (including phenoxy) is 1. The van der Waals surface area contributed by atoms with Crippen molar-refractivity contribution in [3.8, 4) is 11.5 Å². The largest absolute Gasteiger partial charge is 0.455 e. The average molecular weight is 272 g/mol. The Morgan fingerprint density at radius 3 is 2.55 bits per heavy atom. The van der Waals surface area contributed by atoms with Crippen LogP contribution < -0.4 is 20.7 Å². The molecule has 20 heavy (non-hydrogen) atoms. The second-order valence-electron chi connectivity index (χ2n) is 4.33. The van der Waals surface area contributed by atoms with Gasteiger partial charge in [0.25, 0.3) is 0 Å². The van der Waals surface area contributed by atoms with Crippen molar-refractivity contribution < 1.29 is 9.53 Å². The second-order valence-corrected chi connectivity index (χ2v) is 4.33. The van der Waals surface area contributed by atoms with Gasteiger partial charge in [-0.3, -0.25) is 4.79 Å². The third kappa shape index (κ3) is 2.97. The summed E-state index contributed by atoms with van der Waals surface area (Å²) < 4.78 is 5.82. The lowest BCUT2D eigenvalue weighted by Crippen LogP contribution is -2.14. The predicted octanol–water partition coefficient (Wildman–Crippen LogP) is 2.09. The molecular formula is C14H16N4O2. The number of carbonyl (C=O) groups is 1. The van der Waals surface area contributed by atoms with Crippen LogP contribution in [0.4, 0.5) is 17.2 Å². The molecule has 1 aromatic heterocycles. The summed E-state index contributed by atoms with van der Waals surface area (Å²) in [5, 5.41) is 2.56. The molecule has 3 N–H and O–H groups in total. The summed E-state index contributed by atoms with van der Waals surface area (Å²) in [6.07, 6.45) is 2.16. The summed E-state index contributed by atoms with van der Waals surface area (Å²) in [4.78, 5) is 16.6. The van der Waals surface area contributed by atoms with Crippen LogP contribution in [-0.4, -0.2) is 25.5 Å². The normalized spacial score (nSPS) is 9.90. The van der Waals surface area contributed by atoms with E-state index in [1.165, 1.54) is 0 Å². The second kappa shape index (κ2) is 5.92. The van der Waals surface area contributed by atoms with Gasteiger partial charge in [0.15, 0.2) is 11.6 Å². The van der Waals surface area contributed by atoms with Crippen LogP contribution in [0.25, 0.3) is 0 Å². The molecule has 2 rings (SSSR count). The van der Waals surface area contributed by atoms with Crippen LogP contribution in [0.1, 0.15) is 0 Å². The van der Waals surface area contributed by atoms with Crippen LogP contribution >= 0.6 is 0 Å². The summed E-state index contributed by atoms with van der Waals surface area (Å²) in [6.45, 7) is 0. The first kappa shape index (κ1) is 13.7. The Hall–Kier alpha value is -2.76. The number of anilines is 3. The van der Waals surface area contributed by atoms with E-state index in [1.54, 1.807) is 36.5 Å². The van der Waals surface area contributed by atoms with Gasteiger partial charge in [0, 0.05) is 32.0 Å². The molecule has 0 unspecified atom stereocenters. The van der Waals surface area contributed by atoms with E-state index in [1.807, 2.05) is 19.0 Å². The molecule has 0 aliphatic carbocycles. The summed E-state index contributed by atoms with van der Waals surface area (Å²) in [5.41, 5.74) is 7.00. The molecule has 0 aliphatic heterocycles. The van der Waals surface area contributed by atoms with Crippen molar-refractivity contribution in [1.82, 2.24) is 4.98 Å². The molecule has 6 nitrogen and oxygen atoms in total. The smallest absolute Gasteiger partial charge is 0.212 e. The van der Waals surface area contributed by atoms with Gasteiger partial charge in [0.1, 0.15) is 11.4 Å². The van der Waals surface area contributed by atoms with Crippen molar-refractivity contribution in [2.45, 2.75) is 0 Å². The van der Waals surface area contributed by atoms with Gasteiger partial charge in [-0.05, 0) is 24.3 Å². The summed E-state index contributed by atoms with van der Waals surface area (Å²) >= 11 is 0. The molecule has 0 atom stereocenters. The number of benzene rings is 1. The molecular weight excluding hydrogens is 256 g/mol. The van der Waals surface area contributed by atoms with Crippen LogP contribution in [-0.2, 0) is 4.79 Å². The molecule has 0 radical (unpaired) electrons. The molecule has 0 saturated heterocycles. The van der Waals surface area contributed by atoms with Crippen molar-refractivity contribution >= 4 is 23.6 Å². The zero-order chi connectivity index (χ0) is 14.5. The zero-order valence-corrected chi connectivity index (χ0v) is 11.3. The highest BCUT2D eigenvalue weighted by molar-refractivity contribution is 5.81. The number of nitrogens with zero attached hydrogens (tertiary/aromatic N) is 2. The quantitative estimate of drug-likeness (QED) is 0.643. The summed E-state index contributed by atoms with van der Waals surface area (Å²) in [7, 11) is 3.70. The van der Waals surface area contributed by atoms with Crippen molar-refractivity contribution in [2.75, 3.05) is 30.0 Å². The van der Waals surface area contributed by atoms with Crippen LogP contribution in [0.2, 0.25) is 0 Å². The van der Waals surface area contributed by atoms with E-state index in [0.29, 0.717) is 35.1 Å². The van der Waals surface area contributed by atoms with Crippen LogP contribution in [0, 0.1) is 0 Å². The molecule has 0 bridgehead atoms. The number of nitrogen functional groups attached to an aromatic ring is 1. The maximum atomic E-state index is 10.6. The molecule has 104 valence electrons. The van der Waals surface area contributed by atoms with Crippen LogP contribution in [0.3, 0.4) is 0 Å². The Labute approximate surface area is 117 Å². The van der Waals surface area contributed by atoms with Gasteiger partial charge >= 0.3 is 0 Å². The minimum atomic E-state index is 0.443. The summed E-state index contributed by atoms with van der Waals surface area (Å²) in [6, 6.07) is 8.82. The molecule has 6 heteroatoms. The molecule has 0 aliphatic rings. The standard InChI is InChI=1S/C14H16N4O2/c1-18(2)13-12(7-8-16-14(13)17-9-19)20-11-5-3-10(15)4-6-11/h3-9H,15H2,1-2H3,(H,16,17,19). The average Bonchev–Trinajstić information content (AvgIpc) is 2.41. The molecule has 0 spiro atoms. The van der Waals surface area contributed by atoms with E-state index in [4.69, 9.17) is 10.5 Å². The molecule has 2 aromatic rings. The zero-order valence-electron chi connectivity index (χ0n) is 11.3. The number of aromatic nitrogens is 1. The number of hydrogen-bond acceptors (Lipinski definition) is 5. The van der Waals surface area contributed by atoms with Gasteiger partial charge in [-0.15, -0.1) is 0 Å². The Kier molecular flexibility index (Phi) is 4.05. The van der Waals surface area contributed by atoms with E-state index >= 15 is 0 Å². The fourth-order valence-electron chi connectivity index (χ4n) is 1.78. The third-order valence-electron chi connectivity index (χ3n) is 2.64. The Balaban J connectivity index is 2.37. The van der Waals surface area contributed by atoms with Crippen LogP contribution in [0.15, 0.2) is 36.5 Å². The maximum absolute atomic E-state index is 10.6. The number of hydrogen-bond donors (Lipinski definition) is 2. The topological polar surface area (TPSA) is 80.5 Å². The summed E-state index contributed by atoms with van der Waals surface area (Å²) in [5.74, 6) is 1.70. The number of pyridine rings is 1. The number of nitrogens with one attached hydrogen (secondary N) is 1. The fraction of sp³-hybridized carbons (Fsp3) is 0.143. The van der Waals surface area contributed by atoms with Crippen molar-refractivity contribution in [1.29, 1.82) is 0 Å². The predicted molar refractivity (Wildman–Crippen MR) is 79.2 cm³/mol.